The van der Waals surface area contributed by atoms with Crippen LogP contribution in [0.25, 0.3) is 0 Å². The molecule has 0 aliphatic heterocycles. The fourth-order valence-corrected chi connectivity index (χ4v) is 2.70. The fraction of sp³-hybridized carbons (Fsp3) is 0.455. The number of rotatable bonds is 6. The molecule has 4 nitrogen and oxygen atoms in total. The Balaban J connectivity index is 2.54. The Hall–Kier alpha value is -0.910. The predicted octanol–water partition coefficient (Wildman–Crippen LogP) is 0.594. The van der Waals surface area contributed by atoms with Crippen LogP contribution in [-0.2, 0) is 9.84 Å². The third kappa shape index (κ3) is 3.92. The second-order valence-electron chi connectivity index (χ2n) is 3.61. The highest BCUT2D eigenvalue weighted by Gasteiger charge is 2.14. The maximum Gasteiger partial charge on any atom is 0.178 e. The number of aliphatic hydroxyl groups is 2. The number of benzene rings is 1. The molecule has 0 amide bonds. The van der Waals surface area contributed by atoms with E-state index in [4.69, 9.17) is 10.2 Å². The minimum atomic E-state index is -3.26. The lowest BCUT2D eigenvalue weighted by atomic mass is 10.2. The van der Waals surface area contributed by atoms with Gasteiger partial charge in [0.25, 0.3) is 0 Å². The Labute approximate surface area is 95.5 Å². The van der Waals surface area contributed by atoms with Crippen LogP contribution in [-0.4, -0.2) is 37.1 Å². The van der Waals surface area contributed by atoms with Gasteiger partial charge in [-0.1, -0.05) is 18.2 Å². The summed E-state index contributed by atoms with van der Waals surface area (Å²) in [5, 5.41) is 17.7. The maximum atomic E-state index is 11.8. The average molecular weight is 244 g/mol. The average Bonchev–Trinajstić information content (AvgIpc) is 2.30. The molecule has 0 spiro atoms. The van der Waals surface area contributed by atoms with Gasteiger partial charge in [0.2, 0.25) is 0 Å². The van der Waals surface area contributed by atoms with Gasteiger partial charge >= 0.3 is 0 Å². The summed E-state index contributed by atoms with van der Waals surface area (Å²) in [4.78, 5) is 0.300. The molecule has 16 heavy (non-hydrogen) atoms. The second kappa shape index (κ2) is 5.98. The van der Waals surface area contributed by atoms with E-state index in [9.17, 15) is 8.42 Å². The number of hydrogen-bond acceptors (Lipinski definition) is 4. The van der Waals surface area contributed by atoms with Crippen LogP contribution in [0.3, 0.4) is 0 Å². The van der Waals surface area contributed by atoms with Crippen LogP contribution >= 0.6 is 0 Å². The van der Waals surface area contributed by atoms with Crippen molar-refractivity contribution in [3.8, 4) is 0 Å². The Morgan fingerprint density at radius 1 is 1.19 bits per heavy atom. The van der Waals surface area contributed by atoms with Crippen LogP contribution < -0.4 is 0 Å². The zero-order valence-electron chi connectivity index (χ0n) is 8.91. The minimum absolute atomic E-state index is 0.00588. The van der Waals surface area contributed by atoms with Crippen molar-refractivity contribution < 1.29 is 18.6 Å². The summed E-state index contributed by atoms with van der Waals surface area (Å²) in [6.45, 7) is -0.328. The first-order valence-electron chi connectivity index (χ1n) is 5.13. The van der Waals surface area contributed by atoms with E-state index in [1.807, 2.05) is 0 Å². The van der Waals surface area contributed by atoms with Crippen LogP contribution in [0.2, 0.25) is 0 Å². The normalized spacial score (nSPS) is 13.6. The summed E-state index contributed by atoms with van der Waals surface area (Å²) < 4.78 is 23.5. The first-order valence-corrected chi connectivity index (χ1v) is 6.78. The molecule has 1 aromatic carbocycles. The van der Waals surface area contributed by atoms with Crippen molar-refractivity contribution in [2.75, 3.05) is 12.4 Å². The lowest BCUT2D eigenvalue weighted by Crippen LogP contribution is -2.14. The summed E-state index contributed by atoms with van der Waals surface area (Å²) >= 11 is 0. The summed E-state index contributed by atoms with van der Waals surface area (Å²) in [6, 6.07) is 8.22. The molecule has 1 aromatic rings. The monoisotopic (exact) mass is 244 g/mol. The van der Waals surface area contributed by atoms with Crippen LogP contribution in [0.5, 0.6) is 0 Å². The van der Waals surface area contributed by atoms with Gasteiger partial charge in [0.05, 0.1) is 23.4 Å². The van der Waals surface area contributed by atoms with E-state index in [0.717, 1.165) is 0 Å². The van der Waals surface area contributed by atoms with Crippen LogP contribution in [0.1, 0.15) is 12.8 Å². The van der Waals surface area contributed by atoms with E-state index in [2.05, 4.69) is 0 Å². The molecule has 0 bridgehead atoms. The van der Waals surface area contributed by atoms with Gasteiger partial charge in [-0.2, -0.15) is 0 Å². The van der Waals surface area contributed by atoms with E-state index in [-0.39, 0.29) is 12.4 Å². The van der Waals surface area contributed by atoms with Gasteiger partial charge in [-0.25, -0.2) is 8.42 Å². The first-order chi connectivity index (χ1) is 7.56. The second-order valence-corrected chi connectivity index (χ2v) is 5.72. The zero-order valence-corrected chi connectivity index (χ0v) is 9.73. The fourth-order valence-electron chi connectivity index (χ4n) is 1.35. The molecule has 0 radical (unpaired) electrons. The summed E-state index contributed by atoms with van der Waals surface area (Å²) in [6.07, 6.45) is -0.187. The highest BCUT2D eigenvalue weighted by atomic mass is 32.2. The maximum absolute atomic E-state index is 11.8. The van der Waals surface area contributed by atoms with Crippen LogP contribution in [0.4, 0.5) is 0 Å². The highest BCUT2D eigenvalue weighted by Crippen LogP contribution is 2.12. The largest absolute Gasteiger partial charge is 0.394 e. The van der Waals surface area contributed by atoms with Gasteiger partial charge < -0.3 is 10.2 Å². The first kappa shape index (κ1) is 13.2. The van der Waals surface area contributed by atoms with Gasteiger partial charge in [-0.3, -0.25) is 0 Å². The van der Waals surface area contributed by atoms with Crippen LogP contribution in [0, 0.1) is 0 Å². The number of aliphatic hydroxyl groups excluding tert-OH is 2. The van der Waals surface area contributed by atoms with Gasteiger partial charge in [0.1, 0.15) is 0 Å². The summed E-state index contributed by atoms with van der Waals surface area (Å²) in [5.74, 6) is -0.00588. The summed E-state index contributed by atoms with van der Waals surface area (Å²) in [5.41, 5.74) is 0. The Bertz CT molecular complexity index is 399. The Morgan fingerprint density at radius 2 is 1.81 bits per heavy atom. The van der Waals surface area contributed by atoms with E-state index >= 15 is 0 Å². The molecular weight excluding hydrogens is 228 g/mol. The predicted molar refractivity (Wildman–Crippen MR) is 60.8 cm³/mol. The quantitative estimate of drug-likeness (QED) is 0.768. The lowest BCUT2D eigenvalue weighted by Gasteiger charge is -2.07. The molecule has 5 heteroatoms. The minimum Gasteiger partial charge on any atom is -0.394 e. The van der Waals surface area contributed by atoms with Crippen molar-refractivity contribution in [2.45, 2.75) is 23.8 Å². The van der Waals surface area contributed by atoms with Crippen molar-refractivity contribution in [3.63, 3.8) is 0 Å². The van der Waals surface area contributed by atoms with E-state index in [1.165, 1.54) is 0 Å². The van der Waals surface area contributed by atoms with E-state index in [1.54, 1.807) is 30.3 Å². The van der Waals surface area contributed by atoms with Crippen LogP contribution in [0.15, 0.2) is 35.2 Å². The molecule has 0 saturated heterocycles. The van der Waals surface area contributed by atoms with Crippen molar-refractivity contribution >= 4 is 9.84 Å². The number of hydrogen-bond donors (Lipinski definition) is 2. The van der Waals surface area contributed by atoms with Crippen molar-refractivity contribution in [1.82, 2.24) is 0 Å². The molecule has 1 atom stereocenters. The molecule has 0 aliphatic rings. The molecule has 0 unspecified atom stereocenters. The zero-order chi connectivity index (χ0) is 12.0. The van der Waals surface area contributed by atoms with Crippen molar-refractivity contribution in [1.29, 1.82) is 0 Å². The molecule has 1 rings (SSSR count). The molecule has 2 N–H and O–H groups in total. The molecular formula is C11H16O4S. The Kier molecular flexibility index (Phi) is 4.92. The standard InChI is InChI=1S/C11H16O4S/c12-9-10(13)5-4-8-16(14,15)11-6-2-1-3-7-11/h1-3,6-7,10,12-13H,4-5,8-9H2/t10-/m1/s1. The van der Waals surface area contributed by atoms with E-state index < -0.39 is 15.9 Å². The number of sulfone groups is 1. The third-order valence-electron chi connectivity index (χ3n) is 2.26. The molecule has 0 heterocycles. The van der Waals surface area contributed by atoms with E-state index in [0.29, 0.717) is 17.7 Å². The third-order valence-corrected chi connectivity index (χ3v) is 4.08. The molecule has 0 aliphatic carbocycles. The Morgan fingerprint density at radius 3 is 2.38 bits per heavy atom. The lowest BCUT2D eigenvalue weighted by molar-refractivity contribution is 0.0879. The van der Waals surface area contributed by atoms with Gasteiger partial charge in [0.15, 0.2) is 9.84 Å². The summed E-state index contributed by atoms with van der Waals surface area (Å²) in [7, 11) is -3.26. The molecule has 0 saturated carbocycles. The highest BCUT2D eigenvalue weighted by molar-refractivity contribution is 7.91. The smallest absolute Gasteiger partial charge is 0.178 e. The molecule has 90 valence electrons. The molecule has 0 aromatic heterocycles. The van der Waals surface area contributed by atoms with Gasteiger partial charge in [-0.05, 0) is 25.0 Å². The molecule has 0 fully saturated rings. The van der Waals surface area contributed by atoms with Gasteiger partial charge in [0, 0.05) is 0 Å². The van der Waals surface area contributed by atoms with Gasteiger partial charge in [-0.15, -0.1) is 0 Å². The van der Waals surface area contributed by atoms with Crippen molar-refractivity contribution in [2.24, 2.45) is 0 Å². The SMILES string of the molecule is O=S(=O)(CCC[C@@H](O)CO)c1ccccc1. The topological polar surface area (TPSA) is 74.6 Å². The van der Waals surface area contributed by atoms with Crippen molar-refractivity contribution in [3.05, 3.63) is 30.3 Å².